The third-order valence-corrected chi connectivity index (χ3v) is 4.68. The van der Waals surface area contributed by atoms with Crippen LogP contribution in [0.15, 0.2) is 79.1 Å². The van der Waals surface area contributed by atoms with Crippen LogP contribution in [-0.2, 0) is 16.1 Å². The molecule has 6 heteroatoms. The van der Waals surface area contributed by atoms with Gasteiger partial charge in [-0.15, -0.1) is 0 Å². The van der Waals surface area contributed by atoms with Crippen LogP contribution in [0, 0.1) is 6.92 Å². The zero-order valence-corrected chi connectivity index (χ0v) is 16.5. The van der Waals surface area contributed by atoms with Crippen molar-refractivity contribution in [2.75, 3.05) is 6.54 Å². The van der Waals surface area contributed by atoms with Crippen LogP contribution < -0.4 is 5.32 Å². The van der Waals surface area contributed by atoms with Crippen LogP contribution in [0.5, 0.6) is 0 Å². The van der Waals surface area contributed by atoms with Crippen molar-refractivity contribution in [3.05, 3.63) is 95.9 Å². The van der Waals surface area contributed by atoms with E-state index in [1.165, 1.54) is 0 Å². The van der Waals surface area contributed by atoms with Crippen LogP contribution in [-0.4, -0.2) is 27.8 Å². The van der Waals surface area contributed by atoms with E-state index in [0.717, 1.165) is 22.3 Å². The first-order valence-electron chi connectivity index (χ1n) is 9.62. The second kappa shape index (κ2) is 8.61. The zero-order valence-electron chi connectivity index (χ0n) is 16.5. The number of nitrogens with one attached hydrogen (secondary N) is 1. The maximum absolute atomic E-state index is 12.3. The molecule has 6 nitrogen and oxygen atoms in total. The molecule has 30 heavy (non-hydrogen) atoms. The maximum Gasteiger partial charge on any atom is 0.325 e. The van der Waals surface area contributed by atoms with Gasteiger partial charge < -0.3 is 14.5 Å². The fraction of sp³-hybridized carbons (Fsp3) is 0.125. The van der Waals surface area contributed by atoms with Crippen molar-refractivity contribution in [1.82, 2.24) is 14.7 Å². The van der Waals surface area contributed by atoms with E-state index in [2.05, 4.69) is 10.3 Å². The topological polar surface area (TPSA) is 72.7 Å². The molecule has 0 spiro atoms. The molecule has 2 aromatic heterocycles. The van der Waals surface area contributed by atoms with Crippen LogP contribution in [0.25, 0.3) is 16.8 Å². The van der Waals surface area contributed by atoms with Crippen LogP contribution >= 0.6 is 0 Å². The first-order chi connectivity index (χ1) is 14.6. The smallest absolute Gasteiger partial charge is 0.325 e. The SMILES string of the molecule is Cc1ccc2nc(COC(=O)CNC(=O)c3ccc(-c4ccccc4)cc3)cn2c1. The fourth-order valence-corrected chi connectivity index (χ4v) is 3.13. The summed E-state index contributed by atoms with van der Waals surface area (Å²) in [6.07, 6.45) is 3.78. The molecule has 150 valence electrons. The van der Waals surface area contributed by atoms with Crippen LogP contribution in [0.1, 0.15) is 21.6 Å². The molecule has 0 saturated heterocycles. The maximum atomic E-state index is 12.3. The lowest BCUT2D eigenvalue weighted by Crippen LogP contribution is -2.30. The molecule has 2 heterocycles. The first kappa shape index (κ1) is 19.4. The Balaban J connectivity index is 1.28. The van der Waals surface area contributed by atoms with E-state index in [1.807, 2.05) is 78.3 Å². The van der Waals surface area contributed by atoms with E-state index in [4.69, 9.17) is 4.74 Å². The Bertz CT molecular complexity index is 1180. The van der Waals surface area contributed by atoms with Crippen molar-refractivity contribution in [1.29, 1.82) is 0 Å². The number of aryl methyl sites for hydroxylation is 1. The molecule has 0 saturated carbocycles. The Hall–Kier alpha value is -3.93. The highest BCUT2D eigenvalue weighted by atomic mass is 16.5. The first-order valence-corrected chi connectivity index (χ1v) is 9.62. The summed E-state index contributed by atoms with van der Waals surface area (Å²) in [6, 6.07) is 21.0. The van der Waals surface area contributed by atoms with Gasteiger partial charge in [-0.05, 0) is 41.8 Å². The quantitative estimate of drug-likeness (QED) is 0.501. The lowest BCUT2D eigenvalue weighted by atomic mass is 10.0. The molecule has 0 unspecified atom stereocenters. The molecule has 0 aliphatic rings. The van der Waals surface area contributed by atoms with Gasteiger partial charge in [-0.25, -0.2) is 4.98 Å². The van der Waals surface area contributed by atoms with E-state index in [0.29, 0.717) is 11.3 Å². The molecule has 0 radical (unpaired) electrons. The number of imidazole rings is 1. The van der Waals surface area contributed by atoms with Gasteiger partial charge in [0.25, 0.3) is 5.91 Å². The van der Waals surface area contributed by atoms with E-state index in [9.17, 15) is 9.59 Å². The molecule has 1 amide bonds. The number of rotatable bonds is 6. The van der Waals surface area contributed by atoms with Gasteiger partial charge in [0.1, 0.15) is 18.8 Å². The number of nitrogens with zero attached hydrogens (tertiary/aromatic N) is 2. The van der Waals surface area contributed by atoms with Crippen molar-refractivity contribution in [3.63, 3.8) is 0 Å². The lowest BCUT2D eigenvalue weighted by molar-refractivity contribution is -0.143. The summed E-state index contributed by atoms with van der Waals surface area (Å²) < 4.78 is 7.11. The summed E-state index contributed by atoms with van der Waals surface area (Å²) in [4.78, 5) is 28.7. The number of pyridine rings is 1. The summed E-state index contributed by atoms with van der Waals surface area (Å²) >= 11 is 0. The van der Waals surface area contributed by atoms with E-state index in [-0.39, 0.29) is 19.1 Å². The number of hydrogen-bond donors (Lipinski definition) is 1. The molecular weight excluding hydrogens is 378 g/mol. The van der Waals surface area contributed by atoms with Crippen molar-refractivity contribution >= 4 is 17.5 Å². The average molecular weight is 399 g/mol. The number of carbonyl (C=O) groups is 2. The fourth-order valence-electron chi connectivity index (χ4n) is 3.13. The number of aromatic nitrogens is 2. The predicted molar refractivity (Wildman–Crippen MR) is 114 cm³/mol. The van der Waals surface area contributed by atoms with Crippen LogP contribution in [0.4, 0.5) is 0 Å². The monoisotopic (exact) mass is 399 g/mol. The second-order valence-electron chi connectivity index (χ2n) is 6.99. The van der Waals surface area contributed by atoms with Crippen molar-refractivity contribution in [2.24, 2.45) is 0 Å². The van der Waals surface area contributed by atoms with Gasteiger partial charge in [-0.2, -0.15) is 0 Å². The van der Waals surface area contributed by atoms with Gasteiger partial charge in [0, 0.05) is 18.0 Å². The molecule has 1 N–H and O–H groups in total. The summed E-state index contributed by atoms with van der Waals surface area (Å²) in [6.45, 7) is 1.85. The Morgan fingerprint density at radius 2 is 1.67 bits per heavy atom. The number of esters is 1. The van der Waals surface area contributed by atoms with Gasteiger partial charge in [-0.3, -0.25) is 9.59 Å². The molecule has 0 aliphatic carbocycles. The normalized spacial score (nSPS) is 10.7. The minimum absolute atomic E-state index is 0.0568. The molecule has 2 aromatic carbocycles. The molecule has 0 atom stereocenters. The van der Waals surface area contributed by atoms with Crippen LogP contribution in [0.3, 0.4) is 0 Å². The van der Waals surface area contributed by atoms with E-state index < -0.39 is 5.97 Å². The van der Waals surface area contributed by atoms with Crippen molar-refractivity contribution in [3.8, 4) is 11.1 Å². The Morgan fingerprint density at radius 3 is 2.43 bits per heavy atom. The highest BCUT2D eigenvalue weighted by molar-refractivity contribution is 5.96. The molecule has 0 aliphatic heterocycles. The van der Waals surface area contributed by atoms with E-state index in [1.54, 1.807) is 12.1 Å². The largest absolute Gasteiger partial charge is 0.458 e. The lowest BCUT2D eigenvalue weighted by Gasteiger charge is -2.07. The van der Waals surface area contributed by atoms with Gasteiger partial charge in [0.05, 0.1) is 5.69 Å². The molecule has 0 fully saturated rings. The molecule has 4 rings (SSSR count). The second-order valence-corrected chi connectivity index (χ2v) is 6.99. The number of amides is 1. The molecule has 0 bridgehead atoms. The number of ether oxygens (including phenoxy) is 1. The highest BCUT2D eigenvalue weighted by Gasteiger charge is 2.10. The van der Waals surface area contributed by atoms with Gasteiger partial charge in [0.2, 0.25) is 0 Å². The Morgan fingerprint density at radius 1 is 0.933 bits per heavy atom. The predicted octanol–water partition coefficient (Wildman–Crippen LogP) is 3.78. The van der Waals surface area contributed by atoms with E-state index >= 15 is 0 Å². The van der Waals surface area contributed by atoms with Gasteiger partial charge in [-0.1, -0.05) is 48.5 Å². The van der Waals surface area contributed by atoms with Gasteiger partial charge >= 0.3 is 5.97 Å². The summed E-state index contributed by atoms with van der Waals surface area (Å²) in [5.41, 5.74) is 5.14. The summed E-state index contributed by atoms with van der Waals surface area (Å²) in [7, 11) is 0. The molecular formula is C24H21N3O3. The highest BCUT2D eigenvalue weighted by Crippen LogP contribution is 2.19. The zero-order chi connectivity index (χ0) is 20.9. The number of hydrogen-bond acceptors (Lipinski definition) is 4. The van der Waals surface area contributed by atoms with Gasteiger partial charge in [0.15, 0.2) is 0 Å². The standard InChI is InChI=1S/C24H21N3O3/c1-17-7-12-22-26-21(15-27(22)14-17)16-30-23(28)13-25-24(29)20-10-8-19(9-11-20)18-5-3-2-4-6-18/h2-12,14-15H,13,16H2,1H3,(H,25,29). The van der Waals surface area contributed by atoms with Crippen LogP contribution in [0.2, 0.25) is 0 Å². The summed E-state index contributed by atoms with van der Waals surface area (Å²) in [5, 5.41) is 2.59. The third-order valence-electron chi connectivity index (χ3n) is 4.68. The van der Waals surface area contributed by atoms with Crippen molar-refractivity contribution in [2.45, 2.75) is 13.5 Å². The number of fused-ring (bicyclic) bond motifs is 1. The number of benzene rings is 2. The third kappa shape index (κ3) is 4.55. The minimum Gasteiger partial charge on any atom is -0.458 e. The molecule has 4 aromatic rings. The summed E-state index contributed by atoms with van der Waals surface area (Å²) in [5.74, 6) is -0.841. The number of carbonyl (C=O) groups excluding carboxylic acids is 2. The van der Waals surface area contributed by atoms with Crippen molar-refractivity contribution < 1.29 is 14.3 Å². The Labute approximate surface area is 174 Å². The Kier molecular flexibility index (Phi) is 5.57. The average Bonchev–Trinajstić information content (AvgIpc) is 3.19. The minimum atomic E-state index is -0.516.